The van der Waals surface area contributed by atoms with Crippen molar-refractivity contribution in [1.82, 2.24) is 0 Å². The number of halogens is 1. The molecule has 0 aromatic heterocycles. The zero-order valence-electron chi connectivity index (χ0n) is 11.4. The molecule has 19 heavy (non-hydrogen) atoms. The molecule has 1 aliphatic heterocycles. The average Bonchev–Trinajstić information content (AvgIpc) is 2.38. The summed E-state index contributed by atoms with van der Waals surface area (Å²) in [4.78, 5) is 0. The molecule has 0 unspecified atom stereocenters. The lowest BCUT2D eigenvalue weighted by Gasteiger charge is -2.22. The van der Waals surface area contributed by atoms with E-state index in [1.807, 2.05) is 32.0 Å². The van der Waals surface area contributed by atoms with Crippen molar-refractivity contribution in [2.45, 2.75) is 26.7 Å². The van der Waals surface area contributed by atoms with E-state index < -0.39 is 0 Å². The third-order valence-electron chi connectivity index (χ3n) is 3.80. The summed E-state index contributed by atoms with van der Waals surface area (Å²) in [6.07, 6.45) is 2.13. The largest absolute Gasteiger partial charge is 0.385 e. The van der Waals surface area contributed by atoms with Crippen LogP contribution in [0.5, 0.6) is 0 Å². The third kappa shape index (κ3) is 2.12. The second kappa shape index (κ2) is 4.69. The second-order valence-corrected chi connectivity index (χ2v) is 5.30. The quantitative estimate of drug-likeness (QED) is 0.793. The molecule has 1 nitrogen and oxygen atoms in total. The van der Waals surface area contributed by atoms with Gasteiger partial charge in [-0.1, -0.05) is 18.2 Å². The molecule has 0 saturated heterocycles. The lowest BCUT2D eigenvalue weighted by molar-refractivity contribution is 0.628. The van der Waals surface area contributed by atoms with Gasteiger partial charge in [-0.3, -0.25) is 0 Å². The molecule has 1 heterocycles. The molecule has 0 fully saturated rings. The van der Waals surface area contributed by atoms with Gasteiger partial charge in [0.1, 0.15) is 5.82 Å². The van der Waals surface area contributed by atoms with Crippen LogP contribution < -0.4 is 5.32 Å². The molecule has 2 aromatic rings. The van der Waals surface area contributed by atoms with E-state index >= 15 is 0 Å². The van der Waals surface area contributed by atoms with Crippen LogP contribution in [0.1, 0.15) is 23.1 Å². The fourth-order valence-corrected chi connectivity index (χ4v) is 3.00. The van der Waals surface area contributed by atoms with Crippen LogP contribution >= 0.6 is 0 Å². The first-order valence-corrected chi connectivity index (χ1v) is 6.79. The number of benzene rings is 2. The summed E-state index contributed by atoms with van der Waals surface area (Å²) in [7, 11) is 0. The Bertz CT molecular complexity index is 608. The minimum Gasteiger partial charge on any atom is -0.385 e. The van der Waals surface area contributed by atoms with Gasteiger partial charge < -0.3 is 5.32 Å². The number of hydrogen-bond donors (Lipinski definition) is 1. The van der Waals surface area contributed by atoms with Crippen molar-refractivity contribution in [2.24, 2.45) is 0 Å². The van der Waals surface area contributed by atoms with E-state index in [-0.39, 0.29) is 5.82 Å². The van der Waals surface area contributed by atoms with Crippen molar-refractivity contribution < 1.29 is 4.39 Å². The number of aryl methyl sites for hydroxylation is 2. The van der Waals surface area contributed by atoms with Crippen LogP contribution in [0.3, 0.4) is 0 Å². The highest BCUT2D eigenvalue weighted by atomic mass is 19.1. The van der Waals surface area contributed by atoms with Gasteiger partial charge in [0.25, 0.3) is 0 Å². The molecule has 0 spiro atoms. The van der Waals surface area contributed by atoms with E-state index in [0.717, 1.165) is 47.3 Å². The van der Waals surface area contributed by atoms with Crippen LogP contribution in [0.2, 0.25) is 0 Å². The predicted molar refractivity (Wildman–Crippen MR) is 78.1 cm³/mol. The molecule has 0 bridgehead atoms. The van der Waals surface area contributed by atoms with Gasteiger partial charge in [-0.25, -0.2) is 4.39 Å². The van der Waals surface area contributed by atoms with Crippen molar-refractivity contribution >= 4 is 5.69 Å². The second-order valence-electron chi connectivity index (χ2n) is 5.30. The SMILES string of the molecule is Cc1cc(C)c(-c2cccc3c2CCCN3)c(F)c1. The Morgan fingerprint density at radius 3 is 2.79 bits per heavy atom. The van der Waals surface area contributed by atoms with Crippen LogP contribution in [0.25, 0.3) is 11.1 Å². The Kier molecular flexibility index (Phi) is 3.02. The zero-order valence-corrected chi connectivity index (χ0v) is 11.4. The summed E-state index contributed by atoms with van der Waals surface area (Å²) >= 11 is 0. The summed E-state index contributed by atoms with van der Waals surface area (Å²) in [5.41, 5.74) is 6.19. The van der Waals surface area contributed by atoms with Gasteiger partial charge in [0.2, 0.25) is 0 Å². The lowest BCUT2D eigenvalue weighted by atomic mass is 9.90. The lowest BCUT2D eigenvalue weighted by Crippen LogP contribution is -2.12. The maximum absolute atomic E-state index is 14.3. The average molecular weight is 255 g/mol. The fourth-order valence-electron chi connectivity index (χ4n) is 3.00. The highest BCUT2D eigenvalue weighted by Gasteiger charge is 2.17. The van der Waals surface area contributed by atoms with E-state index in [1.165, 1.54) is 5.56 Å². The molecule has 0 saturated carbocycles. The minimum absolute atomic E-state index is 0.114. The van der Waals surface area contributed by atoms with Gasteiger partial charge in [-0.05, 0) is 61.1 Å². The van der Waals surface area contributed by atoms with Gasteiger partial charge in [-0.2, -0.15) is 0 Å². The monoisotopic (exact) mass is 255 g/mol. The van der Waals surface area contributed by atoms with Crippen molar-refractivity contribution in [3.05, 3.63) is 52.8 Å². The first kappa shape index (κ1) is 12.2. The van der Waals surface area contributed by atoms with E-state index in [1.54, 1.807) is 6.07 Å². The number of nitrogens with one attached hydrogen (secondary N) is 1. The molecule has 1 aliphatic rings. The van der Waals surface area contributed by atoms with Gasteiger partial charge in [0.05, 0.1) is 0 Å². The van der Waals surface area contributed by atoms with E-state index in [0.29, 0.717) is 0 Å². The highest BCUT2D eigenvalue weighted by molar-refractivity contribution is 5.77. The van der Waals surface area contributed by atoms with Gasteiger partial charge in [0.15, 0.2) is 0 Å². The van der Waals surface area contributed by atoms with Gasteiger partial charge >= 0.3 is 0 Å². The Balaban J connectivity index is 2.23. The summed E-state index contributed by atoms with van der Waals surface area (Å²) in [6, 6.07) is 9.79. The number of anilines is 1. The van der Waals surface area contributed by atoms with Crippen LogP contribution in [0, 0.1) is 19.7 Å². The molecule has 2 aromatic carbocycles. The van der Waals surface area contributed by atoms with E-state index in [4.69, 9.17) is 0 Å². The Labute approximate surface area is 113 Å². The first-order valence-electron chi connectivity index (χ1n) is 6.79. The highest BCUT2D eigenvalue weighted by Crippen LogP contribution is 2.36. The minimum atomic E-state index is -0.114. The molecular weight excluding hydrogens is 237 g/mol. The topological polar surface area (TPSA) is 12.0 Å². The Hall–Kier alpha value is -1.83. The molecule has 1 N–H and O–H groups in total. The molecule has 0 amide bonds. The van der Waals surface area contributed by atoms with Crippen molar-refractivity contribution in [3.8, 4) is 11.1 Å². The van der Waals surface area contributed by atoms with Crippen LogP contribution in [0.4, 0.5) is 10.1 Å². The maximum Gasteiger partial charge on any atom is 0.131 e. The van der Waals surface area contributed by atoms with Crippen molar-refractivity contribution in [3.63, 3.8) is 0 Å². The van der Waals surface area contributed by atoms with Crippen LogP contribution in [0.15, 0.2) is 30.3 Å². The summed E-state index contributed by atoms with van der Waals surface area (Å²) in [6.45, 7) is 4.93. The predicted octanol–water partition coefficient (Wildman–Crippen LogP) is 4.47. The summed E-state index contributed by atoms with van der Waals surface area (Å²) < 4.78 is 14.3. The molecule has 98 valence electrons. The molecule has 0 aliphatic carbocycles. The fraction of sp³-hybridized carbons (Fsp3) is 0.294. The Morgan fingerprint density at radius 2 is 2.00 bits per heavy atom. The van der Waals surface area contributed by atoms with Crippen LogP contribution in [-0.4, -0.2) is 6.54 Å². The molecule has 2 heteroatoms. The smallest absolute Gasteiger partial charge is 0.131 e. The summed E-state index contributed by atoms with van der Waals surface area (Å²) in [5, 5.41) is 3.40. The van der Waals surface area contributed by atoms with Crippen molar-refractivity contribution in [2.75, 3.05) is 11.9 Å². The zero-order chi connectivity index (χ0) is 13.4. The summed E-state index contributed by atoms with van der Waals surface area (Å²) in [5.74, 6) is -0.114. The Morgan fingerprint density at radius 1 is 1.16 bits per heavy atom. The maximum atomic E-state index is 14.3. The normalized spacial score (nSPS) is 13.8. The third-order valence-corrected chi connectivity index (χ3v) is 3.80. The molecular formula is C17H18FN. The van der Waals surface area contributed by atoms with Crippen LogP contribution in [-0.2, 0) is 6.42 Å². The van der Waals surface area contributed by atoms with E-state index in [9.17, 15) is 4.39 Å². The van der Waals surface area contributed by atoms with E-state index in [2.05, 4.69) is 11.4 Å². The standard InChI is InChI=1S/C17H18FN/c1-11-9-12(2)17(15(18)10-11)14-5-3-7-16-13(14)6-4-8-19-16/h3,5,7,9-10,19H,4,6,8H2,1-2H3. The molecule has 3 rings (SSSR count). The van der Waals surface area contributed by atoms with Crippen molar-refractivity contribution in [1.29, 1.82) is 0 Å². The van der Waals surface area contributed by atoms with Gasteiger partial charge in [-0.15, -0.1) is 0 Å². The molecule has 0 radical (unpaired) electrons. The number of fused-ring (bicyclic) bond motifs is 1. The number of hydrogen-bond acceptors (Lipinski definition) is 1. The molecule has 0 atom stereocenters. The van der Waals surface area contributed by atoms with Gasteiger partial charge in [0, 0.05) is 17.8 Å². The number of rotatable bonds is 1. The first-order chi connectivity index (χ1) is 9.16.